The highest BCUT2D eigenvalue weighted by atomic mass is 32.1. The Morgan fingerprint density at radius 3 is 2.55 bits per heavy atom. The maximum absolute atomic E-state index is 13.6. The van der Waals surface area contributed by atoms with E-state index in [9.17, 15) is 14.4 Å². The second-order valence-electron chi connectivity index (χ2n) is 10.1. The number of nitrogens with zero attached hydrogens (tertiary/aromatic N) is 2. The number of fused-ring (bicyclic) bond motifs is 4. The van der Waals surface area contributed by atoms with Crippen LogP contribution in [0.3, 0.4) is 0 Å². The van der Waals surface area contributed by atoms with Crippen LogP contribution in [0.15, 0.2) is 84.9 Å². The SMILES string of the molecule is Cc1nc2cc(OC(=O)N(Cc3ccc4c(c3)Cc3ccccc3-4)c3ccc(C(=O)NCCC(=O)O)cc3)ccc2s1. The van der Waals surface area contributed by atoms with Gasteiger partial charge in [0.15, 0.2) is 0 Å². The van der Waals surface area contributed by atoms with Gasteiger partial charge in [0.05, 0.1) is 28.2 Å². The molecule has 42 heavy (non-hydrogen) atoms. The number of carboxylic acid groups (broad SMARTS) is 1. The number of benzene rings is 4. The van der Waals surface area contributed by atoms with Crippen molar-refractivity contribution in [1.29, 1.82) is 0 Å². The topological polar surface area (TPSA) is 109 Å². The lowest BCUT2D eigenvalue weighted by atomic mass is 10.0. The molecule has 5 aromatic rings. The second kappa shape index (κ2) is 11.5. The molecule has 4 aromatic carbocycles. The van der Waals surface area contributed by atoms with Gasteiger partial charge in [0, 0.05) is 23.9 Å². The summed E-state index contributed by atoms with van der Waals surface area (Å²) in [4.78, 5) is 42.9. The molecule has 0 spiro atoms. The minimum atomic E-state index is -0.987. The summed E-state index contributed by atoms with van der Waals surface area (Å²) in [5, 5.41) is 12.3. The number of carboxylic acids is 1. The molecule has 1 aliphatic carbocycles. The van der Waals surface area contributed by atoms with Crippen LogP contribution >= 0.6 is 11.3 Å². The van der Waals surface area contributed by atoms with E-state index in [1.165, 1.54) is 27.2 Å². The first kappa shape index (κ1) is 27.2. The van der Waals surface area contributed by atoms with Crippen molar-refractivity contribution in [2.75, 3.05) is 11.4 Å². The van der Waals surface area contributed by atoms with E-state index in [1.807, 2.05) is 31.2 Å². The van der Waals surface area contributed by atoms with Crippen molar-refractivity contribution in [3.8, 4) is 16.9 Å². The van der Waals surface area contributed by atoms with Gasteiger partial charge in [-0.3, -0.25) is 14.5 Å². The van der Waals surface area contributed by atoms with E-state index < -0.39 is 12.1 Å². The standard InChI is InChI=1S/C33H27N3O5S/c1-20-35-29-18-26(11-13-30(29)42-20)41-33(40)36(25-9-7-22(8-10-25)32(39)34-15-14-31(37)38)19-21-6-12-28-24(16-21)17-23-4-2-3-5-27(23)28/h2-13,16,18H,14-15,17,19H2,1H3,(H,34,39)(H,37,38). The van der Waals surface area contributed by atoms with Crippen molar-refractivity contribution in [2.24, 2.45) is 0 Å². The van der Waals surface area contributed by atoms with Crippen LogP contribution in [0, 0.1) is 6.92 Å². The lowest BCUT2D eigenvalue weighted by Gasteiger charge is -2.23. The quantitative estimate of drug-likeness (QED) is 0.211. The third kappa shape index (κ3) is 5.73. The Hall–Kier alpha value is -5.02. The lowest BCUT2D eigenvalue weighted by Crippen LogP contribution is -2.33. The average Bonchev–Trinajstić information content (AvgIpc) is 3.54. The molecule has 2 amide bonds. The molecule has 0 aliphatic heterocycles. The number of ether oxygens (including phenoxy) is 1. The molecule has 0 saturated carbocycles. The van der Waals surface area contributed by atoms with Crippen LogP contribution in [-0.4, -0.2) is 34.6 Å². The second-order valence-corrected chi connectivity index (χ2v) is 11.3. The molecule has 0 saturated heterocycles. The van der Waals surface area contributed by atoms with Gasteiger partial charge in [-0.2, -0.15) is 0 Å². The summed E-state index contributed by atoms with van der Waals surface area (Å²) in [7, 11) is 0. The van der Waals surface area contributed by atoms with Gasteiger partial charge in [0.2, 0.25) is 0 Å². The minimum Gasteiger partial charge on any atom is -0.481 e. The van der Waals surface area contributed by atoms with Gasteiger partial charge >= 0.3 is 12.1 Å². The molecule has 6 rings (SSSR count). The minimum absolute atomic E-state index is 0.0272. The molecule has 2 N–H and O–H groups in total. The van der Waals surface area contributed by atoms with Gasteiger partial charge in [0.1, 0.15) is 5.75 Å². The molecular formula is C33H27N3O5S. The normalized spacial score (nSPS) is 11.5. The molecule has 210 valence electrons. The highest BCUT2D eigenvalue weighted by Crippen LogP contribution is 2.37. The Morgan fingerprint density at radius 2 is 1.74 bits per heavy atom. The largest absolute Gasteiger partial charge is 0.481 e. The van der Waals surface area contributed by atoms with E-state index in [1.54, 1.807) is 47.7 Å². The summed E-state index contributed by atoms with van der Waals surface area (Å²) in [5.41, 5.74) is 7.55. The number of carbonyl (C=O) groups excluding carboxylic acids is 2. The zero-order chi connectivity index (χ0) is 29.2. The summed E-state index contributed by atoms with van der Waals surface area (Å²) in [5.74, 6) is -0.983. The molecule has 8 nitrogen and oxygen atoms in total. The molecular weight excluding hydrogens is 550 g/mol. The van der Waals surface area contributed by atoms with Crippen LogP contribution in [0.5, 0.6) is 5.75 Å². The average molecular weight is 578 g/mol. The number of anilines is 1. The highest BCUT2D eigenvalue weighted by Gasteiger charge is 2.23. The smallest absolute Gasteiger partial charge is 0.420 e. The van der Waals surface area contributed by atoms with E-state index >= 15 is 0 Å². The summed E-state index contributed by atoms with van der Waals surface area (Å²) >= 11 is 1.58. The van der Waals surface area contributed by atoms with E-state index in [0.29, 0.717) is 17.0 Å². The zero-order valence-electron chi connectivity index (χ0n) is 22.8. The van der Waals surface area contributed by atoms with Crippen LogP contribution in [0.4, 0.5) is 10.5 Å². The molecule has 0 radical (unpaired) electrons. The lowest BCUT2D eigenvalue weighted by molar-refractivity contribution is -0.136. The maximum Gasteiger partial charge on any atom is 0.420 e. The first-order chi connectivity index (χ1) is 20.3. The predicted molar refractivity (Wildman–Crippen MR) is 162 cm³/mol. The Labute approximate surface area is 246 Å². The molecule has 1 aromatic heterocycles. The van der Waals surface area contributed by atoms with E-state index in [-0.39, 0.29) is 25.4 Å². The van der Waals surface area contributed by atoms with Crippen LogP contribution in [-0.2, 0) is 17.8 Å². The third-order valence-corrected chi connectivity index (χ3v) is 8.11. The summed E-state index contributed by atoms with van der Waals surface area (Å²) in [6.07, 6.45) is 0.105. The van der Waals surface area contributed by atoms with Crippen molar-refractivity contribution < 1.29 is 24.2 Å². The van der Waals surface area contributed by atoms with Crippen molar-refractivity contribution in [3.63, 3.8) is 0 Å². The van der Waals surface area contributed by atoms with Crippen LogP contribution in [0.1, 0.15) is 38.5 Å². The van der Waals surface area contributed by atoms with E-state index in [0.717, 1.165) is 27.2 Å². The summed E-state index contributed by atoms with van der Waals surface area (Å²) < 4.78 is 6.85. The fourth-order valence-corrected chi connectivity index (χ4v) is 5.97. The number of thiazole rings is 1. The fourth-order valence-electron chi connectivity index (χ4n) is 5.16. The number of amides is 2. The number of carbonyl (C=O) groups is 3. The van der Waals surface area contributed by atoms with Crippen molar-refractivity contribution in [2.45, 2.75) is 26.3 Å². The first-order valence-electron chi connectivity index (χ1n) is 13.5. The van der Waals surface area contributed by atoms with E-state index in [4.69, 9.17) is 9.84 Å². The van der Waals surface area contributed by atoms with Crippen LogP contribution < -0.4 is 15.0 Å². The Morgan fingerprint density at radius 1 is 0.952 bits per heavy atom. The van der Waals surface area contributed by atoms with Gasteiger partial charge in [-0.15, -0.1) is 11.3 Å². The van der Waals surface area contributed by atoms with Crippen LogP contribution in [0.2, 0.25) is 0 Å². The molecule has 0 bridgehead atoms. The van der Waals surface area contributed by atoms with Crippen molar-refractivity contribution >= 4 is 45.2 Å². The molecule has 0 fully saturated rings. The van der Waals surface area contributed by atoms with Gasteiger partial charge in [0.25, 0.3) is 5.91 Å². The van der Waals surface area contributed by atoms with Gasteiger partial charge in [-0.1, -0.05) is 42.5 Å². The highest BCUT2D eigenvalue weighted by molar-refractivity contribution is 7.18. The van der Waals surface area contributed by atoms with E-state index in [2.05, 4.69) is 34.6 Å². The first-order valence-corrected chi connectivity index (χ1v) is 14.3. The number of hydrogen-bond acceptors (Lipinski definition) is 6. The fraction of sp³-hybridized carbons (Fsp3) is 0.152. The maximum atomic E-state index is 13.6. The number of aromatic nitrogens is 1. The number of nitrogens with one attached hydrogen (secondary N) is 1. The molecule has 1 heterocycles. The van der Waals surface area contributed by atoms with Crippen molar-refractivity contribution in [3.05, 3.63) is 112 Å². The molecule has 9 heteroatoms. The Kier molecular flexibility index (Phi) is 7.41. The third-order valence-electron chi connectivity index (χ3n) is 7.16. The Balaban J connectivity index is 1.26. The van der Waals surface area contributed by atoms with Gasteiger partial charge in [-0.05, 0) is 77.6 Å². The number of hydrogen-bond donors (Lipinski definition) is 2. The Bertz CT molecular complexity index is 1830. The van der Waals surface area contributed by atoms with Gasteiger partial charge in [-0.25, -0.2) is 9.78 Å². The van der Waals surface area contributed by atoms with Crippen molar-refractivity contribution in [1.82, 2.24) is 10.3 Å². The van der Waals surface area contributed by atoms with Gasteiger partial charge < -0.3 is 15.2 Å². The monoisotopic (exact) mass is 577 g/mol. The summed E-state index contributed by atoms with van der Waals surface area (Å²) in [6, 6.07) is 26.6. The number of aliphatic carboxylic acids is 1. The molecule has 0 unspecified atom stereocenters. The number of aryl methyl sites for hydroxylation is 1. The number of rotatable bonds is 8. The summed E-state index contributed by atoms with van der Waals surface area (Å²) in [6.45, 7) is 2.22. The zero-order valence-corrected chi connectivity index (χ0v) is 23.6. The predicted octanol–water partition coefficient (Wildman–Crippen LogP) is 6.59. The van der Waals surface area contributed by atoms with Crippen LogP contribution in [0.25, 0.3) is 21.3 Å². The molecule has 0 atom stereocenters. The molecule has 1 aliphatic rings.